The average molecular weight is 336 g/mol. The first kappa shape index (κ1) is 15.6. The molecule has 1 aromatic heterocycles. The number of likely N-dealkylation sites (tertiary alicyclic amines) is 1. The summed E-state index contributed by atoms with van der Waals surface area (Å²) in [6.07, 6.45) is 1.76. The predicted molar refractivity (Wildman–Crippen MR) is 94.7 cm³/mol. The number of piperidine rings is 1. The lowest BCUT2D eigenvalue weighted by atomic mass is 10.0. The quantitative estimate of drug-likeness (QED) is 0.738. The standard InChI is InChI=1S/C19H20N4O2/c1-25-16-6-4-5-14(13-16)19(24)22-11-9-15(10-12-22)23-18-8-3-2-7-17(18)20-21-23/h2-8,13,15H,9-12H2,1H3. The van der Waals surface area contributed by atoms with Gasteiger partial charge in [0.1, 0.15) is 11.3 Å². The van der Waals surface area contributed by atoms with Crippen molar-refractivity contribution in [2.24, 2.45) is 0 Å². The minimum Gasteiger partial charge on any atom is -0.497 e. The van der Waals surface area contributed by atoms with Gasteiger partial charge in [-0.05, 0) is 43.2 Å². The Morgan fingerprint density at radius 1 is 1.12 bits per heavy atom. The monoisotopic (exact) mass is 336 g/mol. The third-order valence-corrected chi connectivity index (χ3v) is 4.79. The SMILES string of the molecule is COc1cccc(C(=O)N2CCC(n3nnc4ccccc43)CC2)c1. The first-order valence-corrected chi connectivity index (χ1v) is 8.49. The summed E-state index contributed by atoms with van der Waals surface area (Å²) >= 11 is 0. The van der Waals surface area contributed by atoms with Gasteiger partial charge in [-0.2, -0.15) is 0 Å². The highest BCUT2D eigenvalue weighted by Gasteiger charge is 2.26. The van der Waals surface area contributed by atoms with Crippen molar-refractivity contribution in [2.75, 3.05) is 20.2 Å². The molecule has 1 fully saturated rings. The summed E-state index contributed by atoms with van der Waals surface area (Å²) in [7, 11) is 1.61. The van der Waals surface area contributed by atoms with E-state index >= 15 is 0 Å². The van der Waals surface area contributed by atoms with Crippen LogP contribution in [0, 0.1) is 0 Å². The largest absolute Gasteiger partial charge is 0.497 e. The van der Waals surface area contributed by atoms with E-state index in [9.17, 15) is 4.79 Å². The number of carbonyl (C=O) groups excluding carboxylic acids is 1. The fraction of sp³-hybridized carbons (Fsp3) is 0.316. The molecular formula is C19H20N4O2. The number of fused-ring (bicyclic) bond motifs is 1. The second kappa shape index (κ2) is 6.55. The highest BCUT2D eigenvalue weighted by atomic mass is 16.5. The summed E-state index contributed by atoms with van der Waals surface area (Å²) in [5.41, 5.74) is 2.64. The molecule has 1 saturated heterocycles. The van der Waals surface area contributed by atoms with E-state index in [0.717, 1.165) is 37.0 Å². The Labute approximate surface area is 146 Å². The molecule has 0 aliphatic carbocycles. The van der Waals surface area contributed by atoms with Crippen LogP contribution in [0.1, 0.15) is 29.2 Å². The molecule has 2 heterocycles. The Bertz CT molecular complexity index is 897. The first-order valence-electron chi connectivity index (χ1n) is 8.49. The van der Waals surface area contributed by atoms with Gasteiger partial charge in [0.2, 0.25) is 0 Å². The number of nitrogens with zero attached hydrogens (tertiary/aromatic N) is 4. The smallest absolute Gasteiger partial charge is 0.253 e. The van der Waals surface area contributed by atoms with Crippen molar-refractivity contribution in [3.63, 3.8) is 0 Å². The fourth-order valence-corrected chi connectivity index (χ4v) is 3.41. The van der Waals surface area contributed by atoms with Gasteiger partial charge in [0, 0.05) is 18.7 Å². The molecule has 0 saturated carbocycles. The summed E-state index contributed by atoms with van der Waals surface area (Å²) in [5, 5.41) is 8.55. The lowest BCUT2D eigenvalue weighted by molar-refractivity contribution is 0.0690. The van der Waals surface area contributed by atoms with Crippen molar-refractivity contribution in [1.29, 1.82) is 0 Å². The zero-order chi connectivity index (χ0) is 17.2. The van der Waals surface area contributed by atoms with Crippen LogP contribution >= 0.6 is 0 Å². The van der Waals surface area contributed by atoms with Crippen LogP contribution in [0.5, 0.6) is 5.75 Å². The highest BCUT2D eigenvalue weighted by Crippen LogP contribution is 2.26. The maximum atomic E-state index is 12.7. The predicted octanol–water partition coefficient (Wildman–Crippen LogP) is 2.92. The number of methoxy groups -OCH3 is 1. The number of amides is 1. The molecule has 3 aromatic rings. The van der Waals surface area contributed by atoms with Crippen molar-refractivity contribution < 1.29 is 9.53 Å². The van der Waals surface area contributed by atoms with E-state index in [1.54, 1.807) is 13.2 Å². The summed E-state index contributed by atoms with van der Waals surface area (Å²) in [4.78, 5) is 14.6. The summed E-state index contributed by atoms with van der Waals surface area (Å²) in [6, 6.07) is 15.6. The average Bonchev–Trinajstić information content (AvgIpc) is 3.12. The topological polar surface area (TPSA) is 60.2 Å². The van der Waals surface area contributed by atoms with E-state index in [1.165, 1.54) is 0 Å². The van der Waals surface area contributed by atoms with Crippen molar-refractivity contribution in [3.8, 4) is 5.75 Å². The normalized spacial score (nSPS) is 15.5. The van der Waals surface area contributed by atoms with E-state index in [4.69, 9.17) is 4.74 Å². The maximum Gasteiger partial charge on any atom is 0.253 e. The number of para-hydroxylation sites is 1. The Kier molecular flexibility index (Phi) is 4.09. The second-order valence-corrected chi connectivity index (χ2v) is 6.28. The molecule has 1 aliphatic rings. The van der Waals surface area contributed by atoms with E-state index < -0.39 is 0 Å². The van der Waals surface area contributed by atoms with Gasteiger partial charge in [-0.15, -0.1) is 5.10 Å². The number of hydrogen-bond donors (Lipinski definition) is 0. The zero-order valence-electron chi connectivity index (χ0n) is 14.1. The maximum absolute atomic E-state index is 12.7. The van der Waals surface area contributed by atoms with Crippen molar-refractivity contribution in [2.45, 2.75) is 18.9 Å². The van der Waals surface area contributed by atoms with Crippen molar-refractivity contribution in [1.82, 2.24) is 19.9 Å². The number of benzene rings is 2. The molecule has 4 rings (SSSR count). The molecule has 0 spiro atoms. The van der Waals surface area contributed by atoms with Crippen molar-refractivity contribution >= 4 is 16.9 Å². The lowest BCUT2D eigenvalue weighted by Crippen LogP contribution is -2.39. The van der Waals surface area contributed by atoms with Gasteiger partial charge in [0.25, 0.3) is 5.91 Å². The van der Waals surface area contributed by atoms with Gasteiger partial charge >= 0.3 is 0 Å². The molecule has 0 atom stereocenters. The third-order valence-electron chi connectivity index (χ3n) is 4.79. The molecule has 1 aliphatic heterocycles. The Hall–Kier alpha value is -2.89. The van der Waals surface area contributed by atoms with Crippen LogP contribution in [0.2, 0.25) is 0 Å². The molecule has 128 valence electrons. The second-order valence-electron chi connectivity index (χ2n) is 6.28. The molecule has 6 heteroatoms. The van der Waals surface area contributed by atoms with Crippen LogP contribution in [0.25, 0.3) is 11.0 Å². The highest BCUT2D eigenvalue weighted by molar-refractivity contribution is 5.94. The minimum atomic E-state index is 0.0563. The first-order chi connectivity index (χ1) is 12.3. The van der Waals surface area contributed by atoms with Gasteiger partial charge in [0.15, 0.2) is 0 Å². The molecule has 1 amide bonds. The summed E-state index contributed by atoms with van der Waals surface area (Å²) < 4.78 is 7.21. The molecule has 0 unspecified atom stereocenters. The number of ether oxygens (including phenoxy) is 1. The third kappa shape index (κ3) is 2.95. The fourth-order valence-electron chi connectivity index (χ4n) is 3.41. The number of rotatable bonds is 3. The number of carbonyl (C=O) groups is 1. The molecular weight excluding hydrogens is 316 g/mol. The minimum absolute atomic E-state index is 0.0563. The number of hydrogen-bond acceptors (Lipinski definition) is 4. The summed E-state index contributed by atoms with van der Waals surface area (Å²) in [6.45, 7) is 1.43. The van der Waals surface area contributed by atoms with Crippen LogP contribution in [-0.4, -0.2) is 46.0 Å². The summed E-state index contributed by atoms with van der Waals surface area (Å²) in [5.74, 6) is 0.760. The van der Waals surface area contributed by atoms with E-state index in [1.807, 2.05) is 52.0 Å². The van der Waals surface area contributed by atoms with Gasteiger partial charge in [-0.1, -0.05) is 23.4 Å². The van der Waals surface area contributed by atoms with Crippen LogP contribution < -0.4 is 4.74 Å². The Balaban J connectivity index is 1.47. The van der Waals surface area contributed by atoms with Gasteiger partial charge in [-0.3, -0.25) is 4.79 Å². The van der Waals surface area contributed by atoms with Gasteiger partial charge in [-0.25, -0.2) is 4.68 Å². The van der Waals surface area contributed by atoms with Gasteiger partial charge < -0.3 is 9.64 Å². The molecule has 2 aromatic carbocycles. The molecule has 0 N–H and O–H groups in total. The van der Waals surface area contributed by atoms with Crippen LogP contribution in [0.4, 0.5) is 0 Å². The van der Waals surface area contributed by atoms with E-state index in [2.05, 4.69) is 10.3 Å². The van der Waals surface area contributed by atoms with Crippen molar-refractivity contribution in [3.05, 3.63) is 54.1 Å². The molecule has 0 radical (unpaired) electrons. The van der Waals surface area contributed by atoms with Crippen LogP contribution in [0.3, 0.4) is 0 Å². The number of aromatic nitrogens is 3. The van der Waals surface area contributed by atoms with E-state index in [0.29, 0.717) is 11.3 Å². The lowest BCUT2D eigenvalue weighted by Gasteiger charge is -2.32. The Morgan fingerprint density at radius 2 is 1.92 bits per heavy atom. The zero-order valence-corrected chi connectivity index (χ0v) is 14.1. The molecule has 6 nitrogen and oxygen atoms in total. The Morgan fingerprint density at radius 3 is 2.72 bits per heavy atom. The molecule has 25 heavy (non-hydrogen) atoms. The van der Waals surface area contributed by atoms with Gasteiger partial charge in [0.05, 0.1) is 18.7 Å². The molecule has 0 bridgehead atoms. The van der Waals surface area contributed by atoms with E-state index in [-0.39, 0.29) is 11.9 Å². The van der Waals surface area contributed by atoms with Crippen LogP contribution in [0.15, 0.2) is 48.5 Å². The van der Waals surface area contributed by atoms with Crippen LogP contribution in [-0.2, 0) is 0 Å².